The van der Waals surface area contributed by atoms with Crippen LogP contribution in [0.2, 0.25) is 0 Å². The number of hydrogen-bond donors (Lipinski definition) is 2. The Morgan fingerprint density at radius 1 is 1.37 bits per heavy atom. The molecule has 1 aromatic rings. The molecule has 1 atom stereocenters. The monoisotopic (exact) mass is 331 g/mol. The van der Waals surface area contributed by atoms with E-state index in [-0.39, 0.29) is 11.7 Å². The second-order valence-electron chi connectivity index (χ2n) is 5.99. The summed E-state index contributed by atoms with van der Waals surface area (Å²) in [5, 5.41) is 13.4. The Kier molecular flexibility index (Phi) is 5.15. The fourth-order valence-electron chi connectivity index (χ4n) is 2.64. The van der Waals surface area contributed by atoms with Crippen LogP contribution in [0.5, 0.6) is 0 Å². The molecule has 1 aromatic carbocycles. The van der Waals surface area contributed by atoms with Gasteiger partial charge in [-0.2, -0.15) is 0 Å². The van der Waals surface area contributed by atoms with Gasteiger partial charge in [0.05, 0.1) is 11.1 Å². The molecule has 19 heavy (non-hydrogen) atoms. The minimum absolute atomic E-state index is 0.132. The SMILES string of the molecule is CN[C@@](CC(C)(C)O)(c1cc(Br)ccc1F)C(C)C. The van der Waals surface area contributed by atoms with Crippen molar-refractivity contribution in [1.82, 2.24) is 5.32 Å². The summed E-state index contributed by atoms with van der Waals surface area (Å²) in [6.07, 6.45) is 0.432. The summed E-state index contributed by atoms with van der Waals surface area (Å²) in [5.74, 6) is -0.122. The van der Waals surface area contributed by atoms with Crippen LogP contribution in [0.4, 0.5) is 4.39 Å². The van der Waals surface area contributed by atoms with E-state index < -0.39 is 11.1 Å². The van der Waals surface area contributed by atoms with Crippen LogP contribution in [0.15, 0.2) is 22.7 Å². The average molecular weight is 332 g/mol. The lowest BCUT2D eigenvalue weighted by molar-refractivity contribution is 0.0221. The first-order valence-corrected chi connectivity index (χ1v) is 7.28. The van der Waals surface area contributed by atoms with Crippen molar-refractivity contribution >= 4 is 15.9 Å². The van der Waals surface area contributed by atoms with Crippen LogP contribution in [0.25, 0.3) is 0 Å². The van der Waals surface area contributed by atoms with Gasteiger partial charge in [-0.15, -0.1) is 0 Å². The Hall–Kier alpha value is -0.450. The van der Waals surface area contributed by atoms with Crippen molar-refractivity contribution in [2.24, 2.45) is 5.92 Å². The lowest BCUT2D eigenvalue weighted by Crippen LogP contribution is -2.50. The molecule has 0 aromatic heterocycles. The summed E-state index contributed by atoms with van der Waals surface area (Å²) in [5.41, 5.74) is -0.907. The minimum atomic E-state index is -0.887. The molecule has 4 heteroatoms. The van der Waals surface area contributed by atoms with Crippen LogP contribution in [0.3, 0.4) is 0 Å². The third-order valence-electron chi connectivity index (χ3n) is 3.55. The van der Waals surface area contributed by atoms with Crippen molar-refractivity contribution in [1.29, 1.82) is 0 Å². The molecule has 0 fully saturated rings. The van der Waals surface area contributed by atoms with E-state index in [9.17, 15) is 9.50 Å². The van der Waals surface area contributed by atoms with Crippen molar-refractivity contribution < 1.29 is 9.50 Å². The summed E-state index contributed by atoms with van der Waals surface area (Å²) < 4.78 is 15.1. The highest BCUT2D eigenvalue weighted by atomic mass is 79.9. The molecule has 2 nitrogen and oxygen atoms in total. The standard InChI is InChI=1S/C15H23BrFNO/c1-10(2)15(18-5,9-14(3,4)19)12-8-11(16)6-7-13(12)17/h6-8,10,18-19H,9H2,1-5H3/t15-/m1/s1. The predicted molar refractivity (Wildman–Crippen MR) is 80.6 cm³/mol. The molecule has 1 rings (SSSR count). The highest BCUT2D eigenvalue weighted by Crippen LogP contribution is 2.39. The maximum atomic E-state index is 14.2. The quantitative estimate of drug-likeness (QED) is 0.859. The van der Waals surface area contributed by atoms with Crippen LogP contribution >= 0.6 is 15.9 Å². The van der Waals surface area contributed by atoms with Crippen molar-refractivity contribution in [3.8, 4) is 0 Å². The molecule has 0 aliphatic rings. The Balaban J connectivity index is 3.42. The van der Waals surface area contributed by atoms with E-state index in [4.69, 9.17) is 0 Å². The first-order chi connectivity index (χ1) is 8.62. The molecule has 0 spiro atoms. The van der Waals surface area contributed by atoms with E-state index in [1.165, 1.54) is 6.07 Å². The van der Waals surface area contributed by atoms with Crippen LogP contribution in [0.1, 0.15) is 39.7 Å². The van der Waals surface area contributed by atoms with Gasteiger partial charge in [-0.1, -0.05) is 29.8 Å². The largest absolute Gasteiger partial charge is 0.390 e. The van der Waals surface area contributed by atoms with Gasteiger partial charge in [0.2, 0.25) is 0 Å². The van der Waals surface area contributed by atoms with Crippen LogP contribution in [-0.2, 0) is 5.54 Å². The van der Waals surface area contributed by atoms with Crippen LogP contribution in [0, 0.1) is 11.7 Å². The van der Waals surface area contributed by atoms with Crippen LogP contribution in [-0.4, -0.2) is 17.8 Å². The zero-order chi connectivity index (χ0) is 14.8. The zero-order valence-electron chi connectivity index (χ0n) is 12.2. The first-order valence-electron chi connectivity index (χ1n) is 6.49. The molecular formula is C15H23BrFNO. The first kappa shape index (κ1) is 16.6. The van der Waals surface area contributed by atoms with Gasteiger partial charge in [-0.05, 0) is 51.4 Å². The van der Waals surface area contributed by atoms with Crippen molar-refractivity contribution in [2.75, 3.05) is 7.05 Å². The highest BCUT2D eigenvalue weighted by Gasteiger charge is 2.40. The van der Waals surface area contributed by atoms with E-state index in [0.717, 1.165) is 4.47 Å². The highest BCUT2D eigenvalue weighted by molar-refractivity contribution is 9.10. The van der Waals surface area contributed by atoms with E-state index in [1.54, 1.807) is 26.0 Å². The molecule has 2 N–H and O–H groups in total. The smallest absolute Gasteiger partial charge is 0.128 e. The third-order valence-corrected chi connectivity index (χ3v) is 4.05. The Morgan fingerprint density at radius 3 is 2.37 bits per heavy atom. The molecule has 0 aliphatic carbocycles. The molecule has 0 heterocycles. The molecule has 0 saturated carbocycles. The lowest BCUT2D eigenvalue weighted by atomic mass is 9.73. The predicted octanol–water partition coefficient (Wildman–Crippen LogP) is 3.82. The Labute approximate surface area is 123 Å². The Bertz CT molecular complexity index is 442. The summed E-state index contributed by atoms with van der Waals surface area (Å²) in [6, 6.07) is 4.93. The van der Waals surface area contributed by atoms with Crippen LogP contribution < -0.4 is 5.32 Å². The maximum absolute atomic E-state index is 14.2. The molecule has 0 radical (unpaired) electrons. The van der Waals surface area contributed by atoms with Gasteiger partial charge in [-0.25, -0.2) is 4.39 Å². The van der Waals surface area contributed by atoms with Gasteiger partial charge in [0.25, 0.3) is 0 Å². The average Bonchev–Trinajstić information content (AvgIpc) is 2.28. The fourth-order valence-corrected chi connectivity index (χ4v) is 3.00. The third kappa shape index (κ3) is 3.77. The summed E-state index contributed by atoms with van der Waals surface area (Å²) in [7, 11) is 1.81. The molecule has 0 unspecified atom stereocenters. The van der Waals surface area contributed by atoms with Gasteiger partial charge >= 0.3 is 0 Å². The van der Waals surface area contributed by atoms with Crippen molar-refractivity contribution in [3.05, 3.63) is 34.1 Å². The number of benzene rings is 1. The van der Waals surface area contributed by atoms with Gasteiger partial charge in [0.15, 0.2) is 0 Å². The van der Waals surface area contributed by atoms with E-state index in [1.807, 2.05) is 20.9 Å². The number of rotatable bonds is 5. The molecule has 0 bridgehead atoms. The van der Waals surface area contributed by atoms with Crippen molar-refractivity contribution in [3.63, 3.8) is 0 Å². The van der Waals surface area contributed by atoms with E-state index in [2.05, 4.69) is 21.2 Å². The molecular weight excluding hydrogens is 309 g/mol. The second kappa shape index (κ2) is 5.90. The van der Waals surface area contributed by atoms with E-state index >= 15 is 0 Å². The molecule has 108 valence electrons. The normalized spacial score (nSPS) is 15.6. The van der Waals surface area contributed by atoms with Gasteiger partial charge < -0.3 is 10.4 Å². The van der Waals surface area contributed by atoms with Gasteiger partial charge in [0.1, 0.15) is 5.82 Å². The zero-order valence-corrected chi connectivity index (χ0v) is 13.8. The Morgan fingerprint density at radius 2 is 1.95 bits per heavy atom. The molecule has 0 aliphatic heterocycles. The van der Waals surface area contributed by atoms with E-state index in [0.29, 0.717) is 12.0 Å². The summed E-state index contributed by atoms with van der Waals surface area (Å²) in [4.78, 5) is 0. The van der Waals surface area contributed by atoms with Gasteiger partial charge in [0, 0.05) is 10.0 Å². The summed E-state index contributed by atoms with van der Waals surface area (Å²) >= 11 is 3.39. The number of hydrogen-bond acceptors (Lipinski definition) is 2. The summed E-state index contributed by atoms with van der Waals surface area (Å²) in [6.45, 7) is 7.56. The number of nitrogens with one attached hydrogen (secondary N) is 1. The second-order valence-corrected chi connectivity index (χ2v) is 6.91. The fraction of sp³-hybridized carbons (Fsp3) is 0.600. The van der Waals surface area contributed by atoms with Gasteiger partial charge in [-0.3, -0.25) is 0 Å². The molecule has 0 amide bonds. The number of aliphatic hydroxyl groups is 1. The molecule has 0 saturated heterocycles. The lowest BCUT2D eigenvalue weighted by Gasteiger charge is -2.42. The van der Waals surface area contributed by atoms with Crippen molar-refractivity contribution in [2.45, 2.75) is 45.3 Å². The maximum Gasteiger partial charge on any atom is 0.128 e. The minimum Gasteiger partial charge on any atom is -0.390 e. The topological polar surface area (TPSA) is 32.3 Å². The number of halogens is 2.